The van der Waals surface area contributed by atoms with Crippen molar-refractivity contribution in [1.29, 1.82) is 0 Å². The van der Waals surface area contributed by atoms with Crippen LogP contribution in [-0.2, 0) is 0 Å². The number of aliphatic hydroxyl groups excluding tert-OH is 1. The fraction of sp³-hybridized carbons (Fsp3) is 1.00. The van der Waals surface area contributed by atoms with E-state index in [0.29, 0.717) is 0 Å². The molecule has 0 aliphatic carbocycles. The van der Waals surface area contributed by atoms with Gasteiger partial charge in [0.2, 0.25) is 0 Å². The van der Waals surface area contributed by atoms with Gasteiger partial charge in [0.1, 0.15) is 0 Å². The largest absolute Gasteiger partial charge is 0.393 e. The lowest BCUT2D eigenvalue weighted by Crippen LogP contribution is -2.41. The van der Waals surface area contributed by atoms with Gasteiger partial charge < -0.3 is 10.0 Å². The molecule has 14 heavy (non-hydrogen) atoms. The second-order valence-electron chi connectivity index (χ2n) is 4.79. The SMILES string of the molecule is CCC(O)CCCN(C)C(C)(C)CC. The summed E-state index contributed by atoms with van der Waals surface area (Å²) in [5.74, 6) is 0. The molecule has 0 saturated heterocycles. The van der Waals surface area contributed by atoms with Crippen LogP contribution in [0.3, 0.4) is 0 Å². The van der Waals surface area contributed by atoms with Gasteiger partial charge in [-0.15, -0.1) is 0 Å². The summed E-state index contributed by atoms with van der Waals surface area (Å²) in [6.07, 6.45) is 3.96. The minimum atomic E-state index is -0.104. The fourth-order valence-electron chi connectivity index (χ4n) is 1.34. The number of hydrogen-bond donors (Lipinski definition) is 1. The Morgan fingerprint density at radius 3 is 2.29 bits per heavy atom. The van der Waals surface area contributed by atoms with Gasteiger partial charge in [-0.25, -0.2) is 0 Å². The zero-order valence-electron chi connectivity index (χ0n) is 10.5. The van der Waals surface area contributed by atoms with Crippen LogP contribution in [0.4, 0.5) is 0 Å². The molecule has 2 nitrogen and oxygen atoms in total. The molecule has 0 aromatic heterocycles. The molecule has 86 valence electrons. The average molecular weight is 201 g/mol. The molecule has 0 aliphatic rings. The van der Waals surface area contributed by atoms with E-state index in [-0.39, 0.29) is 11.6 Å². The normalized spacial score (nSPS) is 14.8. The maximum atomic E-state index is 9.41. The third-order valence-corrected chi connectivity index (χ3v) is 3.40. The van der Waals surface area contributed by atoms with Crippen LogP contribution in [0.5, 0.6) is 0 Å². The predicted molar refractivity (Wildman–Crippen MR) is 62.5 cm³/mol. The molecule has 0 heterocycles. The van der Waals surface area contributed by atoms with Gasteiger partial charge >= 0.3 is 0 Å². The first-order valence-electron chi connectivity index (χ1n) is 5.83. The lowest BCUT2D eigenvalue weighted by atomic mass is 9.99. The molecule has 0 saturated carbocycles. The Morgan fingerprint density at radius 1 is 1.29 bits per heavy atom. The topological polar surface area (TPSA) is 23.5 Å². The van der Waals surface area contributed by atoms with Crippen LogP contribution < -0.4 is 0 Å². The highest BCUT2D eigenvalue weighted by Crippen LogP contribution is 2.17. The van der Waals surface area contributed by atoms with Gasteiger partial charge in [0.05, 0.1) is 6.10 Å². The van der Waals surface area contributed by atoms with Crippen LogP contribution in [0.2, 0.25) is 0 Å². The Morgan fingerprint density at radius 2 is 1.86 bits per heavy atom. The molecule has 0 bridgehead atoms. The minimum Gasteiger partial charge on any atom is -0.393 e. The summed E-state index contributed by atoms with van der Waals surface area (Å²) in [7, 11) is 2.17. The van der Waals surface area contributed by atoms with Crippen molar-refractivity contribution in [2.45, 2.75) is 65.0 Å². The molecule has 1 atom stereocenters. The Labute approximate surface area is 89.3 Å². The number of aliphatic hydroxyl groups is 1. The summed E-state index contributed by atoms with van der Waals surface area (Å²) < 4.78 is 0. The molecule has 0 rings (SSSR count). The lowest BCUT2D eigenvalue weighted by molar-refractivity contribution is 0.123. The van der Waals surface area contributed by atoms with Crippen molar-refractivity contribution in [1.82, 2.24) is 4.90 Å². The van der Waals surface area contributed by atoms with E-state index in [1.165, 1.54) is 6.42 Å². The number of rotatable bonds is 7. The smallest absolute Gasteiger partial charge is 0.0538 e. The molecule has 0 spiro atoms. The summed E-state index contributed by atoms with van der Waals surface area (Å²) in [4.78, 5) is 2.38. The molecule has 1 N–H and O–H groups in total. The average Bonchev–Trinajstić information content (AvgIpc) is 2.17. The molecule has 0 aliphatic heterocycles. The van der Waals surface area contributed by atoms with Crippen LogP contribution in [0.25, 0.3) is 0 Å². The zero-order valence-corrected chi connectivity index (χ0v) is 10.5. The van der Waals surface area contributed by atoms with Gasteiger partial charge in [-0.3, -0.25) is 0 Å². The van der Waals surface area contributed by atoms with Crippen molar-refractivity contribution in [3.63, 3.8) is 0 Å². The highest BCUT2D eigenvalue weighted by molar-refractivity contribution is 4.77. The number of nitrogens with zero attached hydrogens (tertiary/aromatic N) is 1. The Bertz CT molecular complexity index is 145. The van der Waals surface area contributed by atoms with Crippen molar-refractivity contribution in [2.24, 2.45) is 0 Å². The van der Waals surface area contributed by atoms with Crippen LogP contribution in [-0.4, -0.2) is 35.2 Å². The molecular weight excluding hydrogens is 174 g/mol. The highest BCUT2D eigenvalue weighted by atomic mass is 16.3. The van der Waals surface area contributed by atoms with Gasteiger partial charge in [-0.2, -0.15) is 0 Å². The quantitative estimate of drug-likeness (QED) is 0.684. The first kappa shape index (κ1) is 13.9. The molecule has 2 heteroatoms. The first-order valence-corrected chi connectivity index (χ1v) is 5.83. The van der Waals surface area contributed by atoms with Gasteiger partial charge in [0.25, 0.3) is 0 Å². The predicted octanol–water partition coefficient (Wildman–Crippen LogP) is 2.66. The van der Waals surface area contributed by atoms with E-state index in [9.17, 15) is 5.11 Å². The Kier molecular flexibility index (Phi) is 6.38. The van der Waals surface area contributed by atoms with Crippen molar-refractivity contribution in [2.75, 3.05) is 13.6 Å². The van der Waals surface area contributed by atoms with Crippen molar-refractivity contribution < 1.29 is 5.11 Å². The second kappa shape index (κ2) is 6.41. The van der Waals surface area contributed by atoms with Gasteiger partial charge in [-0.1, -0.05) is 13.8 Å². The van der Waals surface area contributed by atoms with Crippen molar-refractivity contribution in [3.05, 3.63) is 0 Å². The van der Waals surface area contributed by atoms with E-state index >= 15 is 0 Å². The van der Waals surface area contributed by atoms with Crippen LogP contribution in [0, 0.1) is 0 Å². The monoisotopic (exact) mass is 201 g/mol. The van der Waals surface area contributed by atoms with Gasteiger partial charge in [0.15, 0.2) is 0 Å². The standard InChI is InChI=1S/C12H27NO/c1-6-11(14)9-8-10-13(5)12(3,4)7-2/h11,14H,6-10H2,1-5H3. The first-order chi connectivity index (χ1) is 6.44. The van der Waals surface area contributed by atoms with E-state index < -0.39 is 0 Å². The summed E-state index contributed by atoms with van der Waals surface area (Å²) in [5.41, 5.74) is 0.289. The van der Waals surface area contributed by atoms with E-state index in [1.807, 2.05) is 6.92 Å². The van der Waals surface area contributed by atoms with Crippen molar-refractivity contribution in [3.8, 4) is 0 Å². The zero-order chi connectivity index (χ0) is 11.2. The summed E-state index contributed by atoms with van der Waals surface area (Å²) in [6, 6.07) is 0. The maximum Gasteiger partial charge on any atom is 0.0538 e. The highest BCUT2D eigenvalue weighted by Gasteiger charge is 2.20. The van der Waals surface area contributed by atoms with E-state index in [1.54, 1.807) is 0 Å². The number of hydrogen-bond acceptors (Lipinski definition) is 2. The third kappa shape index (κ3) is 4.97. The van der Waals surface area contributed by atoms with Crippen LogP contribution >= 0.6 is 0 Å². The lowest BCUT2D eigenvalue weighted by Gasteiger charge is -2.35. The molecule has 1 unspecified atom stereocenters. The molecular formula is C12H27NO. The third-order valence-electron chi connectivity index (χ3n) is 3.40. The summed E-state index contributed by atoms with van der Waals surface area (Å²) >= 11 is 0. The maximum absolute atomic E-state index is 9.41. The van der Waals surface area contributed by atoms with Crippen LogP contribution in [0.1, 0.15) is 53.4 Å². The second-order valence-corrected chi connectivity index (χ2v) is 4.79. The molecule has 0 aromatic carbocycles. The summed E-state index contributed by atoms with van der Waals surface area (Å²) in [6.45, 7) is 9.87. The van der Waals surface area contributed by atoms with E-state index in [2.05, 4.69) is 32.7 Å². The van der Waals surface area contributed by atoms with Gasteiger partial charge in [0, 0.05) is 5.54 Å². The van der Waals surface area contributed by atoms with E-state index in [4.69, 9.17) is 0 Å². The fourth-order valence-corrected chi connectivity index (χ4v) is 1.34. The molecule has 0 aromatic rings. The molecule has 0 fully saturated rings. The van der Waals surface area contributed by atoms with Crippen LogP contribution in [0.15, 0.2) is 0 Å². The Hall–Kier alpha value is -0.0800. The minimum absolute atomic E-state index is 0.104. The van der Waals surface area contributed by atoms with Gasteiger partial charge in [-0.05, 0) is 53.1 Å². The Balaban J connectivity index is 3.69. The molecule has 0 amide bonds. The van der Waals surface area contributed by atoms with Crippen molar-refractivity contribution >= 4 is 0 Å². The van der Waals surface area contributed by atoms with E-state index in [0.717, 1.165) is 25.8 Å². The molecule has 0 radical (unpaired) electrons. The summed E-state index contributed by atoms with van der Waals surface area (Å²) in [5, 5.41) is 9.41.